The minimum absolute atomic E-state index is 0.150. The quantitative estimate of drug-likeness (QED) is 0.468. The van der Waals surface area contributed by atoms with E-state index in [0.29, 0.717) is 31.3 Å². The van der Waals surface area contributed by atoms with Crippen molar-refractivity contribution in [3.8, 4) is 17.2 Å². The fourth-order valence-corrected chi connectivity index (χ4v) is 5.43. The Balaban J connectivity index is 1.39. The highest BCUT2D eigenvalue weighted by atomic mass is 32.2. The summed E-state index contributed by atoms with van der Waals surface area (Å²) in [5, 5.41) is 16.1. The van der Waals surface area contributed by atoms with Crippen LogP contribution in [0.1, 0.15) is 61.9 Å². The molecule has 1 aromatic heterocycles. The largest absolute Gasteiger partial charge is 0.451 e. The molecule has 0 bridgehead atoms. The second-order valence-electron chi connectivity index (χ2n) is 9.94. The molecule has 1 heterocycles. The first-order chi connectivity index (χ1) is 17.3. The van der Waals surface area contributed by atoms with E-state index in [1.165, 1.54) is 0 Å². The maximum Gasteiger partial charge on any atom is 0.287 e. The van der Waals surface area contributed by atoms with Gasteiger partial charge in [-0.05, 0) is 61.1 Å². The molecular weight excluding hydrogens is 474 g/mol. The molecule has 1 unspecified atom stereocenters. The van der Waals surface area contributed by atoms with Gasteiger partial charge < -0.3 is 15.1 Å². The molecule has 2 amide bonds. The molecule has 0 spiro atoms. The number of furan rings is 1. The van der Waals surface area contributed by atoms with E-state index in [-0.39, 0.29) is 11.7 Å². The first-order valence-corrected chi connectivity index (χ1v) is 13.9. The van der Waals surface area contributed by atoms with E-state index in [9.17, 15) is 19.1 Å². The van der Waals surface area contributed by atoms with Gasteiger partial charge in [0.2, 0.25) is 5.91 Å². The van der Waals surface area contributed by atoms with Gasteiger partial charge in [-0.25, -0.2) is 0 Å². The van der Waals surface area contributed by atoms with Gasteiger partial charge in [0, 0.05) is 27.3 Å². The number of hydrogen-bond donors (Lipinski definition) is 2. The SMILES string of the molecule is CS(=O)c1ccc(-c2ccc3cc(C(=O)NC4(C(=O)NC5(C#N)CC5)CCCCCC4)oc3c2)cc1. The van der Waals surface area contributed by atoms with Gasteiger partial charge in [-0.3, -0.25) is 13.8 Å². The number of fused-ring (bicyclic) bond motifs is 1. The lowest BCUT2D eigenvalue weighted by Gasteiger charge is -2.33. The first-order valence-electron chi connectivity index (χ1n) is 12.4. The number of nitrogens with zero attached hydrogens (tertiary/aromatic N) is 1. The van der Waals surface area contributed by atoms with Crippen molar-refractivity contribution in [2.24, 2.45) is 0 Å². The van der Waals surface area contributed by atoms with Crippen LogP contribution in [0.3, 0.4) is 0 Å². The zero-order valence-electron chi connectivity index (χ0n) is 20.3. The summed E-state index contributed by atoms with van der Waals surface area (Å²) in [6.45, 7) is 0. The van der Waals surface area contributed by atoms with Crippen molar-refractivity contribution >= 4 is 33.6 Å². The highest BCUT2D eigenvalue weighted by Crippen LogP contribution is 2.37. The average molecular weight is 504 g/mol. The fourth-order valence-electron chi connectivity index (χ4n) is 4.91. The van der Waals surface area contributed by atoms with E-state index in [2.05, 4.69) is 16.7 Å². The summed E-state index contributed by atoms with van der Waals surface area (Å²) in [6, 6.07) is 17.1. The Morgan fingerprint density at radius 2 is 1.58 bits per heavy atom. The van der Waals surface area contributed by atoms with E-state index in [1.807, 2.05) is 42.5 Å². The molecule has 1 atom stereocenters. The van der Waals surface area contributed by atoms with E-state index in [1.54, 1.807) is 12.3 Å². The van der Waals surface area contributed by atoms with Gasteiger partial charge >= 0.3 is 0 Å². The second kappa shape index (κ2) is 9.55. The number of carbonyl (C=O) groups is 2. The van der Waals surface area contributed by atoms with Crippen LogP contribution in [0.4, 0.5) is 0 Å². The molecule has 0 saturated heterocycles. The molecule has 0 radical (unpaired) electrons. The summed E-state index contributed by atoms with van der Waals surface area (Å²) in [5.41, 5.74) is 0.603. The van der Waals surface area contributed by atoms with E-state index >= 15 is 0 Å². The smallest absolute Gasteiger partial charge is 0.287 e. The number of hydrogen-bond acceptors (Lipinski definition) is 5. The summed E-state index contributed by atoms with van der Waals surface area (Å²) < 4.78 is 17.6. The summed E-state index contributed by atoms with van der Waals surface area (Å²) in [6.07, 6.45) is 7.70. The molecule has 5 rings (SSSR count). The Hall–Kier alpha value is -3.44. The summed E-state index contributed by atoms with van der Waals surface area (Å²) >= 11 is 0. The molecule has 2 aliphatic carbocycles. The number of amides is 2. The van der Waals surface area contributed by atoms with Crippen LogP contribution in [0.5, 0.6) is 0 Å². The number of carbonyl (C=O) groups excluding carboxylic acids is 2. The Labute approximate surface area is 212 Å². The maximum absolute atomic E-state index is 13.4. The van der Waals surface area contributed by atoms with E-state index < -0.39 is 27.8 Å². The van der Waals surface area contributed by atoms with Crippen molar-refractivity contribution in [2.45, 2.75) is 67.3 Å². The minimum Gasteiger partial charge on any atom is -0.451 e. The number of rotatable bonds is 6. The van der Waals surface area contributed by atoms with Crippen molar-refractivity contribution in [2.75, 3.05) is 6.26 Å². The van der Waals surface area contributed by atoms with Crippen LogP contribution < -0.4 is 10.6 Å². The normalized spacial score (nSPS) is 19.0. The van der Waals surface area contributed by atoms with Gasteiger partial charge in [0.25, 0.3) is 5.91 Å². The third-order valence-electron chi connectivity index (χ3n) is 7.32. The molecule has 8 heteroatoms. The first kappa shape index (κ1) is 24.3. The average Bonchev–Trinajstić information content (AvgIpc) is 3.59. The lowest BCUT2D eigenvalue weighted by Crippen LogP contribution is -2.60. The van der Waals surface area contributed by atoms with Gasteiger partial charge in [0.1, 0.15) is 16.7 Å². The van der Waals surface area contributed by atoms with Crippen LogP contribution in [0, 0.1) is 11.3 Å². The Morgan fingerprint density at radius 3 is 2.19 bits per heavy atom. The zero-order valence-corrected chi connectivity index (χ0v) is 21.1. The highest BCUT2D eigenvalue weighted by molar-refractivity contribution is 7.84. The molecular formula is C28H29N3O4S. The van der Waals surface area contributed by atoms with Gasteiger partial charge in [-0.2, -0.15) is 5.26 Å². The minimum atomic E-state index is -1.05. The van der Waals surface area contributed by atoms with Gasteiger partial charge in [0.05, 0.1) is 6.07 Å². The molecule has 2 saturated carbocycles. The van der Waals surface area contributed by atoms with Crippen LogP contribution >= 0.6 is 0 Å². The molecule has 186 valence electrons. The third kappa shape index (κ3) is 4.80. The molecule has 2 N–H and O–H groups in total. The maximum atomic E-state index is 13.4. The van der Waals surface area contributed by atoms with Gasteiger partial charge in [-0.15, -0.1) is 0 Å². The molecule has 2 aromatic carbocycles. The van der Waals surface area contributed by atoms with Crippen LogP contribution in [-0.4, -0.2) is 33.4 Å². The number of nitriles is 1. The van der Waals surface area contributed by atoms with Crippen LogP contribution in [0.2, 0.25) is 0 Å². The predicted molar refractivity (Wildman–Crippen MR) is 138 cm³/mol. The Bertz CT molecular complexity index is 1370. The van der Waals surface area contributed by atoms with E-state index in [4.69, 9.17) is 4.42 Å². The molecule has 3 aromatic rings. The predicted octanol–water partition coefficient (Wildman–Crippen LogP) is 4.83. The monoisotopic (exact) mass is 503 g/mol. The lowest BCUT2D eigenvalue weighted by atomic mass is 9.88. The molecule has 2 fully saturated rings. The Kier molecular flexibility index (Phi) is 6.44. The molecule has 7 nitrogen and oxygen atoms in total. The molecule has 0 aliphatic heterocycles. The lowest BCUT2D eigenvalue weighted by molar-refractivity contribution is -0.128. The molecule has 36 heavy (non-hydrogen) atoms. The summed E-state index contributed by atoms with van der Waals surface area (Å²) in [7, 11) is -1.04. The van der Waals surface area contributed by atoms with E-state index in [0.717, 1.165) is 47.1 Å². The van der Waals surface area contributed by atoms with Crippen molar-refractivity contribution in [1.29, 1.82) is 5.26 Å². The number of nitrogens with one attached hydrogen (secondary N) is 2. The van der Waals surface area contributed by atoms with Crippen LogP contribution in [0.15, 0.2) is 57.8 Å². The molecule has 2 aliphatic rings. The fraction of sp³-hybridized carbons (Fsp3) is 0.393. The topological polar surface area (TPSA) is 112 Å². The summed E-state index contributed by atoms with van der Waals surface area (Å²) in [5.74, 6) is -0.551. The highest BCUT2D eigenvalue weighted by Gasteiger charge is 2.49. The van der Waals surface area contributed by atoms with Crippen molar-refractivity contribution in [1.82, 2.24) is 10.6 Å². The zero-order chi connectivity index (χ0) is 25.3. The van der Waals surface area contributed by atoms with Crippen molar-refractivity contribution < 1.29 is 18.2 Å². The van der Waals surface area contributed by atoms with Crippen LogP contribution in [0.25, 0.3) is 22.1 Å². The standard InChI is InChI=1S/C28H29N3O4S/c1-36(34)22-10-8-19(9-11-22)20-6-7-21-17-24(35-23(21)16-20)25(32)30-28(12-4-2-3-5-13-28)26(33)31-27(18-29)14-15-27/h6-11,16-17H,2-5,12-15H2,1H3,(H,30,32)(H,31,33). The second-order valence-corrected chi connectivity index (χ2v) is 11.3. The Morgan fingerprint density at radius 1 is 0.917 bits per heavy atom. The van der Waals surface area contributed by atoms with Gasteiger partial charge in [0.15, 0.2) is 5.76 Å². The van der Waals surface area contributed by atoms with Crippen molar-refractivity contribution in [3.05, 3.63) is 54.3 Å². The van der Waals surface area contributed by atoms with Crippen LogP contribution in [-0.2, 0) is 15.6 Å². The third-order valence-corrected chi connectivity index (χ3v) is 8.26. The summed E-state index contributed by atoms with van der Waals surface area (Å²) in [4.78, 5) is 27.5. The van der Waals surface area contributed by atoms with Gasteiger partial charge in [-0.1, -0.05) is 49.9 Å². The van der Waals surface area contributed by atoms with Crippen molar-refractivity contribution in [3.63, 3.8) is 0 Å². The number of benzene rings is 2.